The van der Waals surface area contributed by atoms with E-state index < -0.39 is 39.6 Å². The molecule has 0 fully saturated rings. The number of halogens is 2. The summed E-state index contributed by atoms with van der Waals surface area (Å²) in [5.74, 6) is -1.78. The van der Waals surface area contributed by atoms with Crippen molar-refractivity contribution in [1.82, 2.24) is 9.62 Å². The Morgan fingerprint density at radius 1 is 1.06 bits per heavy atom. The lowest BCUT2D eigenvalue weighted by molar-refractivity contribution is -0.117. The third-order valence-electron chi connectivity index (χ3n) is 5.10. The molecule has 0 heterocycles. The van der Waals surface area contributed by atoms with Gasteiger partial charge in [0.2, 0.25) is 15.9 Å². The van der Waals surface area contributed by atoms with Crippen molar-refractivity contribution in [2.24, 2.45) is 0 Å². The van der Waals surface area contributed by atoms with Gasteiger partial charge in [0.25, 0.3) is 0 Å². The zero-order chi connectivity index (χ0) is 23.3. The van der Waals surface area contributed by atoms with Crippen molar-refractivity contribution < 1.29 is 22.0 Å². The molecule has 0 spiro atoms. The van der Waals surface area contributed by atoms with Crippen molar-refractivity contribution in [3.8, 4) is 0 Å². The molecule has 9 heteroatoms. The van der Waals surface area contributed by atoms with Crippen LogP contribution in [0.4, 0.5) is 14.5 Å². The molecule has 2 rings (SSSR count). The van der Waals surface area contributed by atoms with Crippen LogP contribution in [0.25, 0.3) is 0 Å². The van der Waals surface area contributed by atoms with Crippen LogP contribution in [0, 0.1) is 18.6 Å². The van der Waals surface area contributed by atoms with Crippen molar-refractivity contribution in [3.05, 3.63) is 59.2 Å². The number of rotatable bonds is 9. The van der Waals surface area contributed by atoms with Crippen molar-refractivity contribution in [2.75, 3.05) is 18.4 Å². The Morgan fingerprint density at radius 2 is 1.71 bits per heavy atom. The largest absolute Gasteiger partial charge is 0.325 e. The molecular weight excluding hydrogens is 424 g/mol. The quantitative estimate of drug-likeness (QED) is 0.602. The number of carbonyl (C=O) groups excluding carboxylic acids is 1. The third kappa shape index (κ3) is 5.87. The summed E-state index contributed by atoms with van der Waals surface area (Å²) < 4.78 is 54.2. The van der Waals surface area contributed by atoms with Gasteiger partial charge in [-0.1, -0.05) is 26.0 Å². The van der Waals surface area contributed by atoms with Crippen LogP contribution in [0.15, 0.2) is 41.3 Å². The first-order valence-corrected chi connectivity index (χ1v) is 11.6. The number of anilines is 1. The van der Waals surface area contributed by atoms with Gasteiger partial charge in [-0.25, -0.2) is 17.2 Å². The fourth-order valence-corrected chi connectivity index (χ4v) is 5.01. The summed E-state index contributed by atoms with van der Waals surface area (Å²) in [6.45, 7) is 9.18. The van der Waals surface area contributed by atoms with E-state index >= 15 is 0 Å². The molecule has 1 amide bonds. The second kappa shape index (κ2) is 10.3. The molecule has 0 aliphatic carbocycles. The highest BCUT2D eigenvalue weighted by atomic mass is 32.2. The fourth-order valence-electron chi connectivity index (χ4n) is 3.30. The number of nitrogens with one attached hydrogen (secondary N) is 2. The Labute approximate surface area is 182 Å². The van der Waals surface area contributed by atoms with E-state index in [2.05, 4.69) is 10.6 Å². The highest BCUT2D eigenvalue weighted by Crippen LogP contribution is 2.24. The van der Waals surface area contributed by atoms with Crippen LogP contribution in [-0.2, 0) is 14.8 Å². The van der Waals surface area contributed by atoms with Crippen LogP contribution in [0.3, 0.4) is 0 Å². The smallest absolute Gasteiger partial charge is 0.243 e. The molecule has 0 saturated carbocycles. The fraction of sp³-hybridized carbons (Fsp3) is 0.409. The van der Waals surface area contributed by atoms with E-state index in [1.807, 2.05) is 0 Å². The minimum atomic E-state index is -3.68. The first-order chi connectivity index (χ1) is 14.5. The zero-order valence-electron chi connectivity index (χ0n) is 18.4. The van der Waals surface area contributed by atoms with Gasteiger partial charge >= 0.3 is 0 Å². The van der Waals surface area contributed by atoms with Gasteiger partial charge in [-0.05, 0) is 44.5 Å². The molecule has 31 heavy (non-hydrogen) atoms. The lowest BCUT2D eigenvalue weighted by Crippen LogP contribution is -2.39. The predicted molar refractivity (Wildman–Crippen MR) is 117 cm³/mol. The molecule has 170 valence electrons. The molecule has 0 radical (unpaired) electrons. The average molecular weight is 454 g/mol. The maximum Gasteiger partial charge on any atom is 0.243 e. The van der Waals surface area contributed by atoms with Gasteiger partial charge in [0, 0.05) is 36.4 Å². The van der Waals surface area contributed by atoms with E-state index in [0.29, 0.717) is 24.3 Å². The lowest BCUT2D eigenvalue weighted by atomic mass is 10.1. The van der Waals surface area contributed by atoms with Crippen LogP contribution in [0.1, 0.15) is 44.9 Å². The molecule has 2 N–H and O–H groups in total. The molecule has 0 aromatic heterocycles. The molecule has 6 nitrogen and oxygen atoms in total. The lowest BCUT2D eigenvalue weighted by Gasteiger charge is -2.22. The van der Waals surface area contributed by atoms with Crippen LogP contribution >= 0.6 is 0 Å². The monoisotopic (exact) mass is 453 g/mol. The molecule has 0 aliphatic rings. The Kier molecular flexibility index (Phi) is 8.27. The second-order valence-electron chi connectivity index (χ2n) is 7.33. The molecule has 0 saturated heterocycles. The standard InChI is InChI=1S/C22H29F2N3O3S/c1-6-27(7-2)31(29,30)21-13-18(10-8-14(21)3)26-22(28)16(5)25-15(4)19-11-9-17(23)12-20(19)24/h8-13,15-16,25H,6-7H2,1-5H3,(H,26,28)/t15-,16+/m0/s1. The van der Waals surface area contributed by atoms with Crippen molar-refractivity contribution in [2.45, 2.75) is 51.6 Å². The zero-order valence-corrected chi connectivity index (χ0v) is 19.2. The van der Waals surface area contributed by atoms with E-state index in [-0.39, 0.29) is 10.5 Å². The molecule has 2 aromatic rings. The molecular formula is C22H29F2N3O3S. The van der Waals surface area contributed by atoms with Gasteiger partial charge in [0.1, 0.15) is 11.6 Å². The van der Waals surface area contributed by atoms with Gasteiger partial charge < -0.3 is 5.32 Å². The van der Waals surface area contributed by atoms with E-state index in [1.54, 1.807) is 46.8 Å². The maximum atomic E-state index is 14.0. The van der Waals surface area contributed by atoms with Gasteiger partial charge in [-0.2, -0.15) is 4.31 Å². The van der Waals surface area contributed by atoms with Crippen LogP contribution in [-0.4, -0.2) is 37.8 Å². The van der Waals surface area contributed by atoms with E-state index in [9.17, 15) is 22.0 Å². The van der Waals surface area contributed by atoms with E-state index in [1.165, 1.54) is 16.4 Å². The minimum absolute atomic E-state index is 0.136. The van der Waals surface area contributed by atoms with Crippen molar-refractivity contribution in [3.63, 3.8) is 0 Å². The van der Waals surface area contributed by atoms with Crippen molar-refractivity contribution >= 4 is 21.6 Å². The van der Waals surface area contributed by atoms with Gasteiger partial charge in [-0.15, -0.1) is 0 Å². The molecule has 0 unspecified atom stereocenters. The number of carbonyl (C=O) groups is 1. The summed E-state index contributed by atoms with van der Waals surface area (Å²) in [4.78, 5) is 12.8. The molecule has 0 bridgehead atoms. The maximum absolute atomic E-state index is 14.0. The normalized spacial score (nSPS) is 13.8. The summed E-state index contributed by atoms with van der Waals surface area (Å²) in [6.07, 6.45) is 0. The first kappa shape index (κ1) is 24.9. The highest BCUT2D eigenvalue weighted by molar-refractivity contribution is 7.89. The minimum Gasteiger partial charge on any atom is -0.325 e. The molecule has 2 atom stereocenters. The van der Waals surface area contributed by atoms with Crippen LogP contribution in [0.5, 0.6) is 0 Å². The third-order valence-corrected chi connectivity index (χ3v) is 7.29. The molecule has 2 aromatic carbocycles. The Morgan fingerprint density at radius 3 is 2.29 bits per heavy atom. The van der Waals surface area contributed by atoms with E-state index in [0.717, 1.165) is 12.1 Å². The first-order valence-electron chi connectivity index (χ1n) is 10.1. The summed E-state index contributed by atoms with van der Waals surface area (Å²) in [7, 11) is -3.68. The number of amides is 1. The number of sulfonamides is 1. The summed E-state index contributed by atoms with van der Waals surface area (Å²) in [6, 6.07) is 6.73. The van der Waals surface area contributed by atoms with E-state index in [4.69, 9.17) is 0 Å². The summed E-state index contributed by atoms with van der Waals surface area (Å²) in [5.41, 5.74) is 1.16. The summed E-state index contributed by atoms with van der Waals surface area (Å²) in [5, 5.41) is 5.67. The van der Waals surface area contributed by atoms with Gasteiger partial charge in [-0.3, -0.25) is 10.1 Å². The van der Waals surface area contributed by atoms with Crippen LogP contribution < -0.4 is 10.6 Å². The SMILES string of the molecule is CCN(CC)S(=O)(=O)c1cc(NC(=O)[C@@H](C)N[C@@H](C)c2ccc(F)cc2F)ccc1C. The number of hydrogen-bond donors (Lipinski definition) is 2. The Bertz CT molecular complexity index is 1040. The second-order valence-corrected chi connectivity index (χ2v) is 9.24. The topological polar surface area (TPSA) is 78.5 Å². The average Bonchev–Trinajstić information content (AvgIpc) is 2.69. The van der Waals surface area contributed by atoms with Gasteiger partial charge in [0.05, 0.1) is 10.9 Å². The van der Waals surface area contributed by atoms with Crippen LogP contribution in [0.2, 0.25) is 0 Å². The predicted octanol–water partition coefficient (Wildman–Crippen LogP) is 3.98. The Hall–Kier alpha value is -2.36. The van der Waals surface area contributed by atoms with Crippen molar-refractivity contribution in [1.29, 1.82) is 0 Å². The van der Waals surface area contributed by atoms with Gasteiger partial charge in [0.15, 0.2) is 0 Å². The Balaban J connectivity index is 2.16. The number of benzene rings is 2. The number of nitrogens with zero attached hydrogens (tertiary/aromatic N) is 1. The summed E-state index contributed by atoms with van der Waals surface area (Å²) >= 11 is 0. The number of hydrogen-bond acceptors (Lipinski definition) is 4. The molecule has 0 aliphatic heterocycles. The highest BCUT2D eigenvalue weighted by Gasteiger charge is 2.25. The number of aryl methyl sites for hydroxylation is 1.